The molecule has 5 heterocycles. The Kier molecular flexibility index (Phi) is 10.4. The first-order valence-corrected chi connectivity index (χ1v) is 20.1. The molecule has 5 rings (SSSR count). The zero-order valence-corrected chi connectivity index (χ0v) is 29.8. The fourth-order valence-electron chi connectivity index (χ4n) is 5.99. The van der Waals surface area contributed by atoms with Gasteiger partial charge in [0.25, 0.3) is 0 Å². The van der Waals surface area contributed by atoms with Gasteiger partial charge in [-0.25, -0.2) is 19.7 Å². The highest BCUT2D eigenvalue weighted by atomic mass is 28.3. The van der Waals surface area contributed by atoms with Gasteiger partial charge in [0.15, 0.2) is 0 Å². The lowest BCUT2D eigenvalue weighted by atomic mass is 10.0. The van der Waals surface area contributed by atoms with Crippen molar-refractivity contribution >= 4 is 42.4 Å². The maximum Gasteiger partial charge on any atom is 0.410 e. The fraction of sp³-hybridized carbons (Fsp3) is 0.588. The Morgan fingerprint density at radius 2 is 1.89 bits per heavy atom. The minimum atomic E-state index is -1.19. The Balaban J connectivity index is 1.32. The standard InChI is InChI=1S/C34H51N7O4Si/c1-24-18-39(19-25(2)41(24)33(42)45-34(3,4)5)29-13-9-12-27(38-29)17-35-31-30-28(26-11-10-14-43-21-26)20-40(32(30)37-22-36-31)23-44-15-16-46(6,7)8/h9,11-13,20,22,24-25H,10,14-19,21,23H2,1-8H3,(H,35,36,37)/t24-,25+. The second-order valence-corrected chi connectivity index (χ2v) is 20.3. The van der Waals surface area contributed by atoms with Crippen LogP contribution in [0, 0.1) is 0 Å². The predicted molar refractivity (Wildman–Crippen MR) is 186 cm³/mol. The first-order valence-electron chi connectivity index (χ1n) is 16.4. The largest absolute Gasteiger partial charge is 0.444 e. The molecule has 0 bridgehead atoms. The van der Waals surface area contributed by atoms with Crippen LogP contribution in [0.5, 0.6) is 0 Å². The van der Waals surface area contributed by atoms with Crippen LogP contribution in [0.15, 0.2) is 36.8 Å². The van der Waals surface area contributed by atoms with Gasteiger partial charge in [0.2, 0.25) is 0 Å². The Labute approximate surface area is 274 Å². The molecule has 3 aromatic rings. The zero-order chi connectivity index (χ0) is 33.1. The van der Waals surface area contributed by atoms with Crippen molar-refractivity contribution in [2.24, 2.45) is 0 Å². The quantitative estimate of drug-likeness (QED) is 0.198. The summed E-state index contributed by atoms with van der Waals surface area (Å²) in [6, 6.07) is 7.17. The maximum absolute atomic E-state index is 12.9. The second kappa shape index (κ2) is 14.1. The van der Waals surface area contributed by atoms with Crippen molar-refractivity contribution in [3.63, 3.8) is 0 Å². The van der Waals surface area contributed by atoms with Crippen molar-refractivity contribution < 1.29 is 19.0 Å². The van der Waals surface area contributed by atoms with E-state index in [0.29, 0.717) is 33.0 Å². The summed E-state index contributed by atoms with van der Waals surface area (Å²) >= 11 is 0. The third-order valence-electron chi connectivity index (χ3n) is 8.21. The average molecular weight is 650 g/mol. The van der Waals surface area contributed by atoms with Crippen LogP contribution in [-0.2, 0) is 27.5 Å². The highest BCUT2D eigenvalue weighted by Crippen LogP contribution is 2.33. The van der Waals surface area contributed by atoms with Gasteiger partial charge in [-0.1, -0.05) is 31.8 Å². The number of rotatable bonds is 10. The molecule has 1 saturated heterocycles. The summed E-state index contributed by atoms with van der Waals surface area (Å²) in [4.78, 5) is 31.4. The molecule has 46 heavy (non-hydrogen) atoms. The van der Waals surface area contributed by atoms with E-state index >= 15 is 0 Å². The van der Waals surface area contributed by atoms with Crippen molar-refractivity contribution in [1.82, 2.24) is 24.4 Å². The SMILES string of the molecule is C[C@@H]1CN(c2cccc(CNc3ncnc4c3c(C3=CCCOC3)cn4COCC[Si](C)(C)C)n2)C[C@H](C)N1C(=O)OC(C)(C)C. The molecule has 1 fully saturated rings. The van der Waals surface area contributed by atoms with Crippen LogP contribution < -0.4 is 10.2 Å². The van der Waals surface area contributed by atoms with Crippen LogP contribution in [0.3, 0.4) is 0 Å². The number of hydrogen-bond acceptors (Lipinski definition) is 9. The summed E-state index contributed by atoms with van der Waals surface area (Å²) in [5, 5.41) is 4.52. The van der Waals surface area contributed by atoms with Crippen LogP contribution in [0.1, 0.15) is 52.3 Å². The smallest absolute Gasteiger partial charge is 0.410 e. The summed E-state index contributed by atoms with van der Waals surface area (Å²) in [5.41, 5.74) is 3.41. The van der Waals surface area contributed by atoms with Gasteiger partial charge in [0.05, 0.1) is 42.9 Å². The minimum Gasteiger partial charge on any atom is -0.444 e. The first-order chi connectivity index (χ1) is 21.8. The molecule has 0 aromatic carbocycles. The van der Waals surface area contributed by atoms with E-state index in [1.807, 2.05) is 43.9 Å². The lowest BCUT2D eigenvalue weighted by Gasteiger charge is -2.45. The van der Waals surface area contributed by atoms with Crippen molar-refractivity contribution in [3.8, 4) is 0 Å². The van der Waals surface area contributed by atoms with Crippen LogP contribution in [0.2, 0.25) is 25.7 Å². The molecule has 3 aromatic heterocycles. The Hall–Kier alpha value is -3.48. The molecule has 12 heteroatoms. The molecule has 0 saturated carbocycles. The van der Waals surface area contributed by atoms with Crippen molar-refractivity contribution in [2.75, 3.05) is 43.1 Å². The van der Waals surface area contributed by atoms with Crippen LogP contribution in [0.4, 0.5) is 16.4 Å². The van der Waals surface area contributed by atoms with Crippen molar-refractivity contribution in [2.45, 2.75) is 97.7 Å². The zero-order valence-electron chi connectivity index (χ0n) is 28.8. The number of anilines is 2. The minimum absolute atomic E-state index is 0.0171. The average Bonchev–Trinajstić information content (AvgIpc) is 3.36. The molecule has 2 atom stereocenters. The van der Waals surface area contributed by atoms with Gasteiger partial charge in [-0.05, 0) is 64.8 Å². The topological polar surface area (TPSA) is 107 Å². The van der Waals surface area contributed by atoms with Gasteiger partial charge in [0, 0.05) is 39.5 Å². The highest BCUT2D eigenvalue weighted by molar-refractivity contribution is 6.76. The molecule has 1 amide bonds. The molecule has 250 valence electrons. The summed E-state index contributed by atoms with van der Waals surface area (Å²) in [6.45, 7) is 21.2. The molecule has 0 spiro atoms. The number of carbonyl (C=O) groups excluding carboxylic acids is 1. The summed E-state index contributed by atoms with van der Waals surface area (Å²) in [5.74, 6) is 1.65. The van der Waals surface area contributed by atoms with Gasteiger partial charge in [-0.3, -0.25) is 4.90 Å². The molecule has 1 N–H and O–H groups in total. The third kappa shape index (κ3) is 8.45. The van der Waals surface area contributed by atoms with Gasteiger partial charge in [-0.15, -0.1) is 0 Å². The van der Waals surface area contributed by atoms with E-state index in [1.165, 1.54) is 0 Å². The molecule has 2 aliphatic rings. The highest BCUT2D eigenvalue weighted by Gasteiger charge is 2.36. The summed E-state index contributed by atoms with van der Waals surface area (Å²) in [7, 11) is -1.19. The van der Waals surface area contributed by atoms with Gasteiger partial charge in [-0.2, -0.15) is 0 Å². The monoisotopic (exact) mass is 649 g/mol. The van der Waals surface area contributed by atoms with E-state index in [0.717, 1.165) is 65.2 Å². The lowest BCUT2D eigenvalue weighted by molar-refractivity contribution is 0.00559. The number of hydrogen-bond donors (Lipinski definition) is 1. The number of aromatic nitrogens is 4. The molecular formula is C34H51N7O4Si. The normalized spacial score (nSPS) is 19.3. The molecule has 0 aliphatic carbocycles. The van der Waals surface area contributed by atoms with E-state index in [-0.39, 0.29) is 18.2 Å². The predicted octanol–water partition coefficient (Wildman–Crippen LogP) is 6.39. The van der Waals surface area contributed by atoms with Crippen molar-refractivity contribution in [3.05, 3.63) is 48.1 Å². The third-order valence-corrected chi connectivity index (χ3v) is 9.92. The molecular weight excluding hydrogens is 599 g/mol. The summed E-state index contributed by atoms with van der Waals surface area (Å²) < 4.78 is 19.7. The fourth-order valence-corrected chi connectivity index (χ4v) is 6.74. The summed E-state index contributed by atoms with van der Waals surface area (Å²) in [6.07, 6.45) is 6.59. The number of nitrogens with one attached hydrogen (secondary N) is 1. The number of pyridine rings is 1. The molecule has 0 unspecified atom stereocenters. The van der Waals surface area contributed by atoms with Crippen LogP contribution >= 0.6 is 0 Å². The van der Waals surface area contributed by atoms with E-state index in [9.17, 15) is 4.79 Å². The number of piperazine rings is 1. The Bertz CT molecular complexity index is 1530. The van der Waals surface area contributed by atoms with Gasteiger partial charge in [0.1, 0.15) is 35.9 Å². The lowest BCUT2D eigenvalue weighted by Crippen LogP contribution is -2.59. The van der Waals surface area contributed by atoms with E-state index in [2.05, 4.69) is 70.5 Å². The number of fused-ring (bicyclic) bond motifs is 1. The van der Waals surface area contributed by atoms with Crippen LogP contribution in [-0.4, -0.2) is 89.2 Å². The Morgan fingerprint density at radius 1 is 1.13 bits per heavy atom. The molecule has 2 aliphatic heterocycles. The van der Waals surface area contributed by atoms with Gasteiger partial charge >= 0.3 is 6.09 Å². The van der Waals surface area contributed by atoms with Gasteiger partial charge < -0.3 is 29.0 Å². The Morgan fingerprint density at radius 3 is 2.57 bits per heavy atom. The first kappa shape index (κ1) is 33.9. The number of nitrogens with zero attached hydrogens (tertiary/aromatic N) is 6. The van der Waals surface area contributed by atoms with E-state index in [4.69, 9.17) is 19.2 Å². The molecule has 11 nitrogen and oxygen atoms in total. The van der Waals surface area contributed by atoms with Crippen LogP contribution in [0.25, 0.3) is 16.6 Å². The van der Waals surface area contributed by atoms with Crippen molar-refractivity contribution in [1.29, 1.82) is 0 Å². The second-order valence-electron chi connectivity index (χ2n) is 14.7. The maximum atomic E-state index is 12.9. The number of carbonyl (C=O) groups is 1. The number of ether oxygens (including phenoxy) is 3. The number of amides is 1. The van der Waals surface area contributed by atoms with E-state index in [1.54, 1.807) is 6.33 Å². The molecule has 0 radical (unpaired) electrons. The van der Waals surface area contributed by atoms with E-state index < -0.39 is 13.7 Å².